The van der Waals surface area contributed by atoms with E-state index in [-0.39, 0.29) is 17.6 Å². The average Bonchev–Trinajstić information content (AvgIpc) is 3.11. The SMILES string of the molecule is Cc1cc(C)n(Cc2ccc(C(=O)N[C@@H]3CC4(CCCCC4)Oc4ccccc43)cc2)n1. The number of para-hydroxylation sites is 1. The third-order valence-electron chi connectivity index (χ3n) is 6.92. The molecule has 1 aliphatic carbocycles. The molecule has 1 fully saturated rings. The van der Waals surface area contributed by atoms with Crippen molar-refractivity contribution < 1.29 is 9.53 Å². The number of nitrogens with zero attached hydrogens (tertiary/aromatic N) is 2. The second-order valence-corrected chi connectivity index (χ2v) is 9.40. The lowest BCUT2D eigenvalue weighted by Gasteiger charge is -2.44. The first-order valence-electron chi connectivity index (χ1n) is 11.7. The molecule has 1 aromatic heterocycles. The summed E-state index contributed by atoms with van der Waals surface area (Å²) < 4.78 is 8.50. The van der Waals surface area contributed by atoms with Gasteiger partial charge in [-0.15, -0.1) is 0 Å². The van der Waals surface area contributed by atoms with Crippen LogP contribution in [0.2, 0.25) is 0 Å². The largest absolute Gasteiger partial charge is 0.487 e. The summed E-state index contributed by atoms with van der Waals surface area (Å²) in [6, 6.07) is 18.1. The van der Waals surface area contributed by atoms with Crippen molar-refractivity contribution in [3.8, 4) is 5.75 Å². The number of fused-ring (bicyclic) bond motifs is 1. The third kappa shape index (κ3) is 4.16. The molecule has 3 aromatic rings. The highest BCUT2D eigenvalue weighted by atomic mass is 16.5. The number of benzene rings is 2. The molecule has 1 N–H and O–H groups in total. The number of ether oxygens (including phenoxy) is 1. The van der Waals surface area contributed by atoms with Crippen molar-refractivity contribution in [2.75, 3.05) is 0 Å². The summed E-state index contributed by atoms with van der Waals surface area (Å²) in [5.41, 5.74) is 4.91. The highest BCUT2D eigenvalue weighted by Gasteiger charge is 2.42. The number of aryl methyl sites for hydroxylation is 2. The van der Waals surface area contributed by atoms with Crippen LogP contribution < -0.4 is 10.1 Å². The quantitative estimate of drug-likeness (QED) is 0.595. The zero-order valence-electron chi connectivity index (χ0n) is 18.9. The van der Waals surface area contributed by atoms with Gasteiger partial charge < -0.3 is 10.1 Å². The molecule has 32 heavy (non-hydrogen) atoms. The van der Waals surface area contributed by atoms with Gasteiger partial charge in [0.2, 0.25) is 0 Å². The first kappa shape index (κ1) is 20.8. The van der Waals surface area contributed by atoms with Gasteiger partial charge in [-0.2, -0.15) is 5.10 Å². The lowest BCUT2D eigenvalue weighted by atomic mass is 9.77. The zero-order valence-corrected chi connectivity index (χ0v) is 18.9. The molecule has 1 spiro atoms. The standard InChI is InChI=1S/C27H31N3O2/c1-19-16-20(2)30(29-19)18-21-10-12-22(13-11-21)26(31)28-24-17-27(14-6-3-7-15-27)32-25-9-5-4-8-23(24)25/h4-5,8-13,16,24H,3,6-7,14-15,17-18H2,1-2H3,(H,28,31)/t24-/m1/s1. The Hall–Kier alpha value is -3.08. The monoisotopic (exact) mass is 429 g/mol. The van der Waals surface area contributed by atoms with Gasteiger partial charge in [0.15, 0.2) is 0 Å². The second kappa shape index (κ2) is 8.45. The number of carbonyl (C=O) groups is 1. The first-order chi connectivity index (χ1) is 15.5. The van der Waals surface area contributed by atoms with Gasteiger partial charge in [0.1, 0.15) is 11.4 Å². The molecule has 0 unspecified atom stereocenters. The fraction of sp³-hybridized carbons (Fsp3) is 0.407. The molecule has 1 saturated carbocycles. The predicted octanol–water partition coefficient (Wildman–Crippen LogP) is 5.50. The van der Waals surface area contributed by atoms with Crippen molar-refractivity contribution in [2.45, 2.75) is 70.6 Å². The zero-order chi connectivity index (χ0) is 22.1. The summed E-state index contributed by atoms with van der Waals surface area (Å²) in [6.45, 7) is 4.77. The normalized spacial score (nSPS) is 19.2. The topological polar surface area (TPSA) is 56.2 Å². The van der Waals surface area contributed by atoms with Gasteiger partial charge in [-0.25, -0.2) is 0 Å². The fourth-order valence-electron chi connectivity index (χ4n) is 5.26. The van der Waals surface area contributed by atoms with Gasteiger partial charge in [-0.3, -0.25) is 9.48 Å². The number of nitrogens with one attached hydrogen (secondary N) is 1. The maximum absolute atomic E-state index is 13.2. The van der Waals surface area contributed by atoms with Gasteiger partial charge in [-0.1, -0.05) is 36.8 Å². The van der Waals surface area contributed by atoms with Crippen LogP contribution in [0.3, 0.4) is 0 Å². The van der Waals surface area contributed by atoms with E-state index >= 15 is 0 Å². The van der Waals surface area contributed by atoms with E-state index in [0.29, 0.717) is 12.1 Å². The molecule has 0 bridgehead atoms. The Morgan fingerprint density at radius 3 is 2.56 bits per heavy atom. The Bertz CT molecular complexity index is 1110. The molecule has 2 heterocycles. The van der Waals surface area contributed by atoms with Gasteiger partial charge >= 0.3 is 0 Å². The van der Waals surface area contributed by atoms with Crippen LogP contribution in [0, 0.1) is 13.8 Å². The van der Waals surface area contributed by atoms with Gasteiger partial charge in [0.25, 0.3) is 5.91 Å². The van der Waals surface area contributed by atoms with E-state index < -0.39 is 0 Å². The van der Waals surface area contributed by atoms with Crippen LogP contribution >= 0.6 is 0 Å². The molecular formula is C27H31N3O2. The van der Waals surface area contributed by atoms with Crippen LogP contribution in [0.25, 0.3) is 0 Å². The summed E-state index contributed by atoms with van der Waals surface area (Å²) in [4.78, 5) is 13.2. The molecule has 1 atom stereocenters. The minimum Gasteiger partial charge on any atom is -0.487 e. The van der Waals surface area contributed by atoms with Crippen molar-refractivity contribution in [2.24, 2.45) is 0 Å². The molecule has 5 rings (SSSR count). The molecule has 0 saturated heterocycles. The highest BCUT2D eigenvalue weighted by molar-refractivity contribution is 5.94. The Morgan fingerprint density at radius 2 is 1.84 bits per heavy atom. The number of aromatic nitrogens is 2. The summed E-state index contributed by atoms with van der Waals surface area (Å²) in [6.07, 6.45) is 6.63. The molecule has 166 valence electrons. The van der Waals surface area contributed by atoms with Crippen molar-refractivity contribution in [3.05, 3.63) is 82.7 Å². The first-order valence-corrected chi connectivity index (χ1v) is 11.7. The van der Waals surface area contributed by atoms with Crippen LogP contribution in [0.5, 0.6) is 5.75 Å². The van der Waals surface area contributed by atoms with Crippen molar-refractivity contribution in [3.63, 3.8) is 0 Å². The van der Waals surface area contributed by atoms with Crippen LogP contribution in [-0.2, 0) is 6.54 Å². The predicted molar refractivity (Wildman–Crippen MR) is 125 cm³/mol. The van der Waals surface area contributed by atoms with Crippen LogP contribution in [0.1, 0.15) is 77.4 Å². The van der Waals surface area contributed by atoms with Crippen molar-refractivity contribution in [1.82, 2.24) is 15.1 Å². The van der Waals surface area contributed by atoms with E-state index in [4.69, 9.17) is 4.74 Å². The maximum Gasteiger partial charge on any atom is 0.251 e. The number of carbonyl (C=O) groups excluding carboxylic acids is 1. The van der Waals surface area contributed by atoms with Crippen LogP contribution in [0.15, 0.2) is 54.6 Å². The Balaban J connectivity index is 1.32. The summed E-state index contributed by atoms with van der Waals surface area (Å²) >= 11 is 0. The highest BCUT2D eigenvalue weighted by Crippen LogP contribution is 2.46. The molecule has 5 nitrogen and oxygen atoms in total. The Kier molecular flexibility index (Phi) is 5.50. The van der Waals surface area contributed by atoms with E-state index in [1.54, 1.807) is 0 Å². The van der Waals surface area contributed by atoms with Gasteiger partial charge in [0, 0.05) is 23.2 Å². The van der Waals surface area contributed by atoms with E-state index in [1.807, 2.05) is 54.1 Å². The van der Waals surface area contributed by atoms with Crippen LogP contribution in [0.4, 0.5) is 0 Å². The van der Waals surface area contributed by atoms with E-state index in [1.165, 1.54) is 19.3 Å². The third-order valence-corrected chi connectivity index (χ3v) is 6.92. The minimum absolute atomic E-state index is 0.0278. The molecule has 5 heteroatoms. The van der Waals surface area contributed by atoms with E-state index in [9.17, 15) is 4.79 Å². The summed E-state index contributed by atoms with van der Waals surface area (Å²) in [5, 5.41) is 7.84. The maximum atomic E-state index is 13.2. The molecule has 1 amide bonds. The van der Waals surface area contributed by atoms with Crippen molar-refractivity contribution in [1.29, 1.82) is 0 Å². The number of amides is 1. The smallest absolute Gasteiger partial charge is 0.251 e. The number of hydrogen-bond donors (Lipinski definition) is 1. The summed E-state index contributed by atoms with van der Waals surface area (Å²) in [5.74, 6) is 0.890. The molecule has 2 aliphatic rings. The second-order valence-electron chi connectivity index (χ2n) is 9.40. The Morgan fingerprint density at radius 1 is 1.09 bits per heavy atom. The molecule has 0 radical (unpaired) electrons. The molecule has 1 aliphatic heterocycles. The minimum atomic E-state index is -0.145. The van der Waals surface area contributed by atoms with Crippen LogP contribution in [-0.4, -0.2) is 21.3 Å². The number of rotatable bonds is 4. The fourth-order valence-corrected chi connectivity index (χ4v) is 5.26. The molecule has 2 aromatic carbocycles. The summed E-state index contributed by atoms with van der Waals surface area (Å²) in [7, 11) is 0. The van der Waals surface area contributed by atoms with E-state index in [2.05, 4.69) is 29.5 Å². The van der Waals surface area contributed by atoms with E-state index in [0.717, 1.165) is 47.5 Å². The van der Waals surface area contributed by atoms with Gasteiger partial charge in [0.05, 0.1) is 18.3 Å². The lowest BCUT2D eigenvalue weighted by molar-refractivity contribution is -0.00209. The van der Waals surface area contributed by atoms with Gasteiger partial charge in [-0.05, 0) is 69.4 Å². The van der Waals surface area contributed by atoms with Crippen molar-refractivity contribution >= 4 is 5.91 Å². The average molecular weight is 430 g/mol. The number of hydrogen-bond acceptors (Lipinski definition) is 3. The lowest BCUT2D eigenvalue weighted by Crippen LogP contribution is -2.46. The molecular weight excluding hydrogens is 398 g/mol. The Labute approximate surface area is 189 Å².